The molecule has 14 nitrogen and oxygen atoms in total. The third-order valence-electron chi connectivity index (χ3n) is 12.7. The molecule has 8 atom stereocenters. The number of anilines is 1. The van der Waals surface area contributed by atoms with Gasteiger partial charge in [-0.05, 0) is 55.1 Å². The summed E-state index contributed by atoms with van der Waals surface area (Å²) >= 11 is 0. The van der Waals surface area contributed by atoms with Gasteiger partial charge in [-0.3, -0.25) is 14.6 Å². The summed E-state index contributed by atoms with van der Waals surface area (Å²) < 4.78 is 9.55. The quantitative estimate of drug-likeness (QED) is 0.181. The van der Waals surface area contributed by atoms with Crippen LogP contribution < -0.4 is 5.73 Å². The molecule has 4 heterocycles. The predicted molar refractivity (Wildman–Crippen MR) is 183 cm³/mol. The average Bonchev–Trinajstić information content (AvgIpc) is 3.81. The van der Waals surface area contributed by atoms with E-state index in [2.05, 4.69) is 57.6 Å². The van der Waals surface area contributed by atoms with Gasteiger partial charge in [-0.2, -0.15) is 0 Å². The number of nitrogens with zero attached hydrogens (tertiary/aromatic N) is 8. The van der Waals surface area contributed by atoms with Crippen LogP contribution in [0.4, 0.5) is 5.82 Å². The normalized spacial score (nSPS) is 32.4. The van der Waals surface area contributed by atoms with Gasteiger partial charge in [0.15, 0.2) is 11.5 Å². The van der Waals surface area contributed by atoms with Crippen molar-refractivity contribution in [2.24, 2.45) is 34.0 Å². The Bertz CT molecular complexity index is 1960. The number of ketones is 1. The first-order valence-corrected chi connectivity index (χ1v) is 17.3. The van der Waals surface area contributed by atoms with Gasteiger partial charge >= 0.3 is 5.97 Å². The molecule has 3 aliphatic rings. The number of rotatable bonds is 8. The molecule has 0 radical (unpaired) electrons. The minimum Gasteiger partial charge on any atom is -0.460 e. The van der Waals surface area contributed by atoms with Crippen molar-refractivity contribution in [3.8, 4) is 11.3 Å². The summed E-state index contributed by atoms with van der Waals surface area (Å²) in [6, 6.07) is 3.65. The average molecular weight is 684 g/mol. The maximum atomic E-state index is 13.8. The van der Waals surface area contributed by atoms with E-state index in [-0.39, 0.29) is 35.5 Å². The second kappa shape index (κ2) is 12.3. The lowest BCUT2D eigenvalue weighted by Crippen LogP contribution is -2.63. The van der Waals surface area contributed by atoms with Crippen molar-refractivity contribution in [3.63, 3.8) is 0 Å². The molecule has 264 valence electrons. The maximum Gasteiger partial charge on any atom is 0.328 e. The maximum absolute atomic E-state index is 13.8. The van der Waals surface area contributed by atoms with E-state index in [9.17, 15) is 19.8 Å². The molecule has 0 saturated heterocycles. The minimum atomic E-state index is -0.751. The highest BCUT2D eigenvalue weighted by Gasteiger charge is 2.68. The van der Waals surface area contributed by atoms with E-state index in [0.29, 0.717) is 53.3 Å². The van der Waals surface area contributed by atoms with Crippen LogP contribution in [-0.2, 0) is 34.0 Å². The number of fused-ring (bicyclic) bond motifs is 1. The summed E-state index contributed by atoms with van der Waals surface area (Å²) in [7, 11) is 0. The second-order valence-corrected chi connectivity index (χ2v) is 15.1. The zero-order valence-corrected chi connectivity index (χ0v) is 29.0. The summed E-state index contributed by atoms with van der Waals surface area (Å²) in [5.41, 5.74) is 7.36. The summed E-state index contributed by atoms with van der Waals surface area (Å²) in [5, 5.41) is 30.7. The smallest absolute Gasteiger partial charge is 0.328 e. The third kappa shape index (κ3) is 5.13. The highest BCUT2D eigenvalue weighted by Crippen LogP contribution is 2.68. The van der Waals surface area contributed by atoms with Gasteiger partial charge in [-0.1, -0.05) is 39.0 Å². The predicted octanol–water partition coefficient (Wildman–Crippen LogP) is 3.51. The van der Waals surface area contributed by atoms with Crippen LogP contribution >= 0.6 is 0 Å². The lowest BCUT2D eigenvalue weighted by Gasteiger charge is -2.61. The van der Waals surface area contributed by atoms with Crippen LogP contribution in [-0.4, -0.2) is 73.7 Å². The van der Waals surface area contributed by atoms with Gasteiger partial charge < -0.3 is 25.3 Å². The fourth-order valence-corrected chi connectivity index (χ4v) is 9.51. The molecule has 4 aromatic rings. The first kappa shape index (κ1) is 33.9. The van der Waals surface area contributed by atoms with E-state index in [1.807, 2.05) is 23.6 Å². The van der Waals surface area contributed by atoms with Gasteiger partial charge in [-0.15, -0.1) is 11.7 Å². The number of ether oxygens (including phenoxy) is 1. The highest BCUT2D eigenvalue weighted by atomic mass is 16.5. The molecule has 0 aromatic carbocycles. The molecular formula is C36H45N9O5. The number of nitrogen functional groups attached to an aromatic ring is 1. The SMILES string of the molecule is C=C[C@]1(C)C[C@@H](OC(=O)Cn2nnc(-c3ccc(Cn4cnc5c(N)ncnc54)nc3)c2CO)[C@]2(C)C(C)CC[C@]3(CCC(=O)[C@H]32)[C@@H](C)[C@@H]1O. The Balaban J connectivity index is 1.13. The Labute approximate surface area is 290 Å². The molecule has 3 fully saturated rings. The van der Waals surface area contributed by atoms with E-state index in [4.69, 9.17) is 10.5 Å². The molecule has 14 heteroatoms. The Morgan fingerprint density at radius 1 is 1.18 bits per heavy atom. The molecule has 3 aliphatic carbocycles. The lowest BCUT2D eigenvalue weighted by molar-refractivity contribution is -0.207. The molecular weight excluding hydrogens is 638 g/mol. The van der Waals surface area contributed by atoms with Crippen LogP contribution in [0.25, 0.3) is 22.4 Å². The molecule has 3 saturated carbocycles. The van der Waals surface area contributed by atoms with Crippen molar-refractivity contribution in [1.29, 1.82) is 0 Å². The number of aliphatic hydroxyl groups excluding tert-OH is 2. The van der Waals surface area contributed by atoms with E-state index < -0.39 is 35.6 Å². The summed E-state index contributed by atoms with van der Waals surface area (Å²) in [6.45, 7) is 12.1. The number of hydrogen-bond acceptors (Lipinski definition) is 12. The van der Waals surface area contributed by atoms with Gasteiger partial charge in [0, 0.05) is 34.9 Å². The lowest BCUT2D eigenvalue weighted by atomic mass is 9.44. The fraction of sp³-hybridized carbons (Fsp3) is 0.556. The summed E-state index contributed by atoms with van der Waals surface area (Å²) in [5.74, 6) is -0.391. The van der Waals surface area contributed by atoms with Gasteiger partial charge in [0.05, 0.1) is 37.0 Å². The molecule has 7 rings (SSSR count). The molecule has 0 aliphatic heterocycles. The third-order valence-corrected chi connectivity index (χ3v) is 12.7. The van der Waals surface area contributed by atoms with Gasteiger partial charge in [0.1, 0.15) is 36.0 Å². The standard InChI is InChI=1S/C36H45N9O5/c1-6-34(4)13-26(35(5)20(2)9-11-36(21(3)31(34)49)12-10-25(47)30(35)36)50-27(48)16-45-24(17-46)28(42-43-45)22-7-8-23(38-14-22)15-44-19-41-29-32(37)39-18-40-33(29)44/h6-8,14,18-21,26,30-31,46,49H,1,9-13,15-17H2,2-5H3,(H2,37,39,40)/t20?,21-,26+,30-,31-,34+,35-,36-/m0/s1. The Morgan fingerprint density at radius 2 is 1.98 bits per heavy atom. The van der Waals surface area contributed by atoms with Crippen molar-refractivity contribution >= 4 is 28.7 Å². The van der Waals surface area contributed by atoms with Crippen molar-refractivity contribution in [2.45, 2.75) is 91.7 Å². The number of carbonyl (C=O) groups excluding carboxylic acids is 2. The molecule has 0 amide bonds. The number of imidazole rings is 1. The van der Waals surface area contributed by atoms with Crippen molar-refractivity contribution in [2.75, 3.05) is 5.73 Å². The molecule has 4 aromatic heterocycles. The number of esters is 1. The molecule has 50 heavy (non-hydrogen) atoms. The Hall–Kier alpha value is -4.56. The van der Waals surface area contributed by atoms with Crippen LogP contribution in [0.15, 0.2) is 43.6 Å². The van der Waals surface area contributed by atoms with Crippen molar-refractivity contribution in [3.05, 3.63) is 55.0 Å². The molecule has 0 spiro atoms. The highest BCUT2D eigenvalue weighted by molar-refractivity contribution is 5.86. The Morgan fingerprint density at radius 3 is 2.70 bits per heavy atom. The second-order valence-electron chi connectivity index (χ2n) is 15.1. The molecule has 4 N–H and O–H groups in total. The number of pyridine rings is 1. The molecule has 1 unspecified atom stereocenters. The van der Waals surface area contributed by atoms with Gasteiger partial charge in [0.25, 0.3) is 0 Å². The fourth-order valence-electron chi connectivity index (χ4n) is 9.51. The topological polar surface area (TPSA) is 197 Å². The van der Waals surface area contributed by atoms with Crippen LogP contribution in [0.1, 0.15) is 71.2 Å². The van der Waals surface area contributed by atoms with E-state index in [1.54, 1.807) is 18.6 Å². The van der Waals surface area contributed by atoms with Gasteiger partial charge in [-0.25, -0.2) is 19.6 Å². The van der Waals surface area contributed by atoms with Crippen LogP contribution in [0, 0.1) is 34.0 Å². The summed E-state index contributed by atoms with van der Waals surface area (Å²) in [6.07, 6.45) is 8.29. The number of Topliss-reactive ketones (excluding diaryl/α,β-unsaturated/α-hetero) is 1. The van der Waals surface area contributed by atoms with Gasteiger partial charge in [0.2, 0.25) is 0 Å². The zero-order chi connectivity index (χ0) is 35.6. The monoisotopic (exact) mass is 683 g/mol. The first-order chi connectivity index (χ1) is 23.9. The molecule has 2 bridgehead atoms. The zero-order valence-electron chi connectivity index (χ0n) is 29.0. The van der Waals surface area contributed by atoms with Crippen molar-refractivity contribution in [1.82, 2.24) is 39.5 Å². The van der Waals surface area contributed by atoms with E-state index >= 15 is 0 Å². The number of aliphatic hydroxyl groups is 2. The summed E-state index contributed by atoms with van der Waals surface area (Å²) in [4.78, 5) is 44.7. The van der Waals surface area contributed by atoms with Crippen molar-refractivity contribution < 1.29 is 24.5 Å². The largest absolute Gasteiger partial charge is 0.460 e. The number of nitrogens with two attached hydrogens (primary N) is 1. The van der Waals surface area contributed by atoms with Crippen LogP contribution in [0.5, 0.6) is 0 Å². The van der Waals surface area contributed by atoms with E-state index in [1.165, 1.54) is 11.0 Å². The Kier molecular flexibility index (Phi) is 8.37. The number of aromatic nitrogens is 8. The number of hydrogen-bond donors (Lipinski definition) is 3. The van der Waals surface area contributed by atoms with Crippen LogP contribution in [0.2, 0.25) is 0 Å². The van der Waals surface area contributed by atoms with Crippen LogP contribution in [0.3, 0.4) is 0 Å². The number of carbonyl (C=O) groups is 2. The minimum absolute atomic E-state index is 0.109. The van der Waals surface area contributed by atoms with E-state index in [0.717, 1.165) is 25.0 Å². The first-order valence-electron chi connectivity index (χ1n) is 17.3.